The minimum absolute atomic E-state index is 0.286. The smallest absolute Gasteiger partial charge is 0.318 e. The molecular weight excluding hydrogens is 290 g/mol. The lowest BCUT2D eigenvalue weighted by molar-refractivity contribution is -0.139. The number of carbonyl (C=O) groups is 1. The van der Waals surface area contributed by atoms with Gasteiger partial charge in [0.15, 0.2) is 11.0 Å². The highest BCUT2D eigenvalue weighted by molar-refractivity contribution is 8.00. The van der Waals surface area contributed by atoms with Crippen molar-refractivity contribution in [1.82, 2.24) is 14.8 Å². The summed E-state index contributed by atoms with van der Waals surface area (Å²) in [5.41, 5.74) is 0.905. The largest absolute Gasteiger partial charge is 0.497 e. The van der Waals surface area contributed by atoms with Crippen LogP contribution in [0.1, 0.15) is 6.92 Å². The summed E-state index contributed by atoms with van der Waals surface area (Å²) >= 11 is 1.31. The summed E-state index contributed by atoms with van der Waals surface area (Å²) in [6, 6.07) is 7.59. The number of aromatic nitrogens is 3. The molecule has 1 aromatic carbocycles. The number of esters is 1. The highest BCUT2D eigenvalue weighted by Crippen LogP contribution is 2.27. The molecule has 0 N–H and O–H groups in total. The number of rotatable bonds is 5. The molecule has 0 radical (unpaired) electrons. The van der Waals surface area contributed by atoms with Gasteiger partial charge >= 0.3 is 5.97 Å². The second-order valence-corrected chi connectivity index (χ2v) is 5.69. The molecule has 112 valence electrons. The molecule has 1 heterocycles. The predicted molar refractivity (Wildman–Crippen MR) is 80.3 cm³/mol. The maximum absolute atomic E-state index is 11.5. The SMILES string of the molecule is COC(=O)C(C)Sc1nnc(-c2cccc(OC)c2)n1C. The topological polar surface area (TPSA) is 66.2 Å². The lowest BCUT2D eigenvalue weighted by Crippen LogP contribution is -2.15. The molecule has 21 heavy (non-hydrogen) atoms. The van der Waals surface area contributed by atoms with Crippen LogP contribution in [0.25, 0.3) is 11.4 Å². The highest BCUT2D eigenvalue weighted by Gasteiger charge is 2.19. The molecule has 2 aromatic rings. The molecule has 0 spiro atoms. The Balaban J connectivity index is 2.26. The van der Waals surface area contributed by atoms with Crippen LogP contribution in [0.4, 0.5) is 0 Å². The molecule has 1 aromatic heterocycles. The molecule has 1 atom stereocenters. The monoisotopic (exact) mass is 307 g/mol. The van der Waals surface area contributed by atoms with Crippen molar-refractivity contribution >= 4 is 17.7 Å². The average molecular weight is 307 g/mol. The van der Waals surface area contributed by atoms with Crippen LogP contribution in [-0.2, 0) is 16.6 Å². The van der Waals surface area contributed by atoms with Crippen molar-refractivity contribution in [3.05, 3.63) is 24.3 Å². The van der Waals surface area contributed by atoms with Crippen LogP contribution in [0.3, 0.4) is 0 Å². The minimum Gasteiger partial charge on any atom is -0.497 e. The number of benzene rings is 1. The number of ether oxygens (including phenoxy) is 2. The maximum atomic E-state index is 11.5. The first-order chi connectivity index (χ1) is 10.1. The molecule has 0 saturated carbocycles. The molecule has 0 fully saturated rings. The standard InChI is InChI=1S/C14H17N3O3S/c1-9(13(18)20-4)21-14-16-15-12(17(14)2)10-6-5-7-11(8-10)19-3/h5-9H,1-4H3. The van der Waals surface area contributed by atoms with E-state index >= 15 is 0 Å². The van der Waals surface area contributed by atoms with Crippen LogP contribution in [0.15, 0.2) is 29.4 Å². The van der Waals surface area contributed by atoms with Crippen LogP contribution in [0, 0.1) is 0 Å². The van der Waals surface area contributed by atoms with Gasteiger partial charge in [-0.15, -0.1) is 10.2 Å². The molecule has 7 heteroatoms. The van der Waals surface area contributed by atoms with Crippen LogP contribution in [0.2, 0.25) is 0 Å². The molecule has 0 saturated heterocycles. The Labute approximate surface area is 127 Å². The van der Waals surface area contributed by atoms with E-state index in [9.17, 15) is 4.79 Å². The summed E-state index contributed by atoms with van der Waals surface area (Å²) < 4.78 is 11.8. The fourth-order valence-corrected chi connectivity index (χ4v) is 2.64. The number of hydrogen-bond acceptors (Lipinski definition) is 6. The van der Waals surface area contributed by atoms with Gasteiger partial charge in [0.05, 0.1) is 14.2 Å². The van der Waals surface area contributed by atoms with E-state index in [1.54, 1.807) is 14.0 Å². The number of hydrogen-bond donors (Lipinski definition) is 0. The zero-order valence-electron chi connectivity index (χ0n) is 12.4. The molecule has 0 aliphatic rings. The van der Waals surface area contributed by atoms with Crippen LogP contribution in [0.5, 0.6) is 5.75 Å². The van der Waals surface area contributed by atoms with Crippen molar-refractivity contribution in [1.29, 1.82) is 0 Å². The number of methoxy groups -OCH3 is 2. The zero-order valence-corrected chi connectivity index (χ0v) is 13.2. The van der Waals surface area contributed by atoms with Gasteiger partial charge in [0.2, 0.25) is 0 Å². The highest BCUT2D eigenvalue weighted by atomic mass is 32.2. The van der Waals surface area contributed by atoms with Gasteiger partial charge in [-0.25, -0.2) is 0 Å². The molecule has 6 nitrogen and oxygen atoms in total. The van der Waals surface area contributed by atoms with Gasteiger partial charge in [-0.05, 0) is 19.1 Å². The first kappa shape index (κ1) is 15.4. The fourth-order valence-electron chi connectivity index (χ4n) is 1.80. The Morgan fingerprint density at radius 1 is 1.33 bits per heavy atom. The maximum Gasteiger partial charge on any atom is 0.318 e. The van der Waals surface area contributed by atoms with E-state index in [-0.39, 0.29) is 11.2 Å². The summed E-state index contributed by atoms with van der Waals surface area (Å²) in [6.07, 6.45) is 0. The number of carbonyl (C=O) groups excluding carboxylic acids is 1. The molecule has 2 rings (SSSR count). The predicted octanol–water partition coefficient (Wildman–Crippen LogP) is 2.14. The average Bonchev–Trinajstić information content (AvgIpc) is 2.87. The third-order valence-corrected chi connectivity index (χ3v) is 4.09. The van der Waals surface area contributed by atoms with E-state index in [0.29, 0.717) is 11.0 Å². The summed E-state index contributed by atoms with van der Waals surface area (Å²) in [6.45, 7) is 1.77. The first-order valence-corrected chi connectivity index (χ1v) is 7.23. The van der Waals surface area contributed by atoms with Gasteiger partial charge in [0.25, 0.3) is 0 Å². The molecule has 0 bridgehead atoms. The van der Waals surface area contributed by atoms with Gasteiger partial charge in [-0.2, -0.15) is 0 Å². The molecule has 0 amide bonds. The summed E-state index contributed by atoms with van der Waals surface area (Å²) in [4.78, 5) is 11.5. The van der Waals surface area contributed by atoms with Gasteiger partial charge in [0, 0.05) is 12.6 Å². The van der Waals surface area contributed by atoms with Gasteiger partial charge < -0.3 is 14.0 Å². The van der Waals surface area contributed by atoms with Crippen LogP contribution in [-0.4, -0.2) is 40.2 Å². The number of thioether (sulfide) groups is 1. The third-order valence-electron chi connectivity index (χ3n) is 2.98. The van der Waals surface area contributed by atoms with Crippen LogP contribution >= 0.6 is 11.8 Å². The second-order valence-electron chi connectivity index (χ2n) is 4.38. The minimum atomic E-state index is -0.337. The van der Waals surface area contributed by atoms with Crippen molar-refractivity contribution in [2.75, 3.05) is 14.2 Å². The lowest BCUT2D eigenvalue weighted by atomic mass is 10.2. The molecule has 1 unspecified atom stereocenters. The third kappa shape index (κ3) is 3.36. The first-order valence-electron chi connectivity index (χ1n) is 6.35. The Morgan fingerprint density at radius 2 is 2.10 bits per heavy atom. The lowest BCUT2D eigenvalue weighted by Gasteiger charge is -2.08. The number of nitrogens with zero attached hydrogens (tertiary/aromatic N) is 3. The van der Waals surface area contributed by atoms with Crippen molar-refractivity contribution in [3.8, 4) is 17.1 Å². The van der Waals surface area contributed by atoms with E-state index in [1.807, 2.05) is 35.9 Å². The van der Waals surface area contributed by atoms with Crippen molar-refractivity contribution in [2.24, 2.45) is 7.05 Å². The van der Waals surface area contributed by atoms with Crippen molar-refractivity contribution in [3.63, 3.8) is 0 Å². The van der Waals surface area contributed by atoms with E-state index in [4.69, 9.17) is 9.47 Å². The quantitative estimate of drug-likeness (QED) is 0.623. The van der Waals surface area contributed by atoms with E-state index < -0.39 is 0 Å². The zero-order chi connectivity index (χ0) is 15.4. The Bertz CT molecular complexity index is 642. The Hall–Kier alpha value is -2.02. The van der Waals surface area contributed by atoms with E-state index in [1.165, 1.54) is 18.9 Å². The summed E-state index contributed by atoms with van der Waals surface area (Å²) in [7, 11) is 4.86. The van der Waals surface area contributed by atoms with Gasteiger partial charge in [0.1, 0.15) is 11.0 Å². The second kappa shape index (κ2) is 6.62. The van der Waals surface area contributed by atoms with Crippen molar-refractivity contribution in [2.45, 2.75) is 17.3 Å². The summed E-state index contributed by atoms with van der Waals surface area (Å²) in [5.74, 6) is 1.19. The molecule has 0 aliphatic heterocycles. The van der Waals surface area contributed by atoms with Crippen LogP contribution < -0.4 is 4.74 Å². The van der Waals surface area contributed by atoms with E-state index in [2.05, 4.69) is 10.2 Å². The van der Waals surface area contributed by atoms with Gasteiger partial charge in [-0.3, -0.25) is 4.79 Å². The Morgan fingerprint density at radius 3 is 2.76 bits per heavy atom. The Kier molecular flexibility index (Phi) is 4.85. The van der Waals surface area contributed by atoms with Crippen molar-refractivity contribution < 1.29 is 14.3 Å². The van der Waals surface area contributed by atoms with Gasteiger partial charge in [-0.1, -0.05) is 23.9 Å². The molecular formula is C14H17N3O3S. The van der Waals surface area contributed by atoms with E-state index in [0.717, 1.165) is 11.3 Å². The fraction of sp³-hybridized carbons (Fsp3) is 0.357. The summed E-state index contributed by atoms with van der Waals surface area (Å²) in [5, 5.41) is 8.64. The normalized spacial score (nSPS) is 12.0. The molecule has 0 aliphatic carbocycles.